The number of hydrogen-bond donors (Lipinski definition) is 1. The number of hydrogen-bond acceptors (Lipinski definition) is 4. The lowest BCUT2D eigenvalue weighted by atomic mass is 9.84. The van der Waals surface area contributed by atoms with Gasteiger partial charge in [0.25, 0.3) is 0 Å². The molecule has 2 rings (SSSR count). The van der Waals surface area contributed by atoms with Crippen LogP contribution in [0.1, 0.15) is 26.7 Å². The van der Waals surface area contributed by atoms with Gasteiger partial charge in [0.05, 0.1) is 26.1 Å². The molecule has 1 N–H and O–H groups in total. The van der Waals surface area contributed by atoms with Gasteiger partial charge in [0, 0.05) is 24.7 Å². The molecule has 4 nitrogen and oxygen atoms in total. The zero-order chi connectivity index (χ0) is 13.0. The molecule has 0 aromatic rings. The molecule has 104 valence electrons. The van der Waals surface area contributed by atoms with Crippen LogP contribution in [-0.4, -0.2) is 56.4 Å². The van der Waals surface area contributed by atoms with Crippen molar-refractivity contribution in [1.29, 1.82) is 0 Å². The zero-order valence-corrected chi connectivity index (χ0v) is 11.9. The van der Waals surface area contributed by atoms with E-state index in [0.29, 0.717) is 6.04 Å². The Morgan fingerprint density at radius 1 is 1.28 bits per heavy atom. The highest BCUT2D eigenvalue weighted by Gasteiger charge is 2.37. The maximum absolute atomic E-state index is 5.50. The molecule has 2 aliphatic rings. The van der Waals surface area contributed by atoms with Crippen molar-refractivity contribution in [2.45, 2.75) is 38.3 Å². The van der Waals surface area contributed by atoms with Gasteiger partial charge in [-0.3, -0.25) is 4.90 Å². The molecule has 18 heavy (non-hydrogen) atoms. The minimum Gasteiger partial charge on any atom is -0.501 e. The highest BCUT2D eigenvalue weighted by molar-refractivity contribution is 5.17. The second kappa shape index (κ2) is 6.04. The molecule has 1 fully saturated rings. The lowest BCUT2D eigenvalue weighted by molar-refractivity contribution is -0.0192. The van der Waals surface area contributed by atoms with Gasteiger partial charge in [-0.05, 0) is 39.3 Å². The first kappa shape index (κ1) is 13.8. The van der Waals surface area contributed by atoms with Crippen LogP contribution in [-0.2, 0) is 9.47 Å². The van der Waals surface area contributed by atoms with Gasteiger partial charge < -0.3 is 14.8 Å². The molecule has 1 atom stereocenters. The fraction of sp³-hybridized carbons (Fsp3) is 0.857. The van der Waals surface area contributed by atoms with Crippen molar-refractivity contribution in [3.8, 4) is 0 Å². The lowest BCUT2D eigenvalue weighted by Crippen LogP contribution is -2.60. The molecule has 0 amide bonds. The lowest BCUT2D eigenvalue weighted by Gasteiger charge is -2.46. The number of morpholine rings is 1. The molecule has 0 aromatic heterocycles. The van der Waals surface area contributed by atoms with E-state index in [1.54, 1.807) is 0 Å². The molecule has 0 aliphatic carbocycles. The Bertz CT molecular complexity index is 296. The summed E-state index contributed by atoms with van der Waals surface area (Å²) in [6.45, 7) is 9.20. The van der Waals surface area contributed by atoms with Crippen LogP contribution in [0.25, 0.3) is 0 Å². The number of nitrogens with one attached hydrogen (secondary N) is 1. The maximum Gasteiger partial charge on any atom is 0.0876 e. The van der Waals surface area contributed by atoms with Crippen LogP contribution in [0.15, 0.2) is 11.8 Å². The van der Waals surface area contributed by atoms with Crippen LogP contribution < -0.4 is 5.32 Å². The molecule has 1 saturated heterocycles. The minimum atomic E-state index is 0.0884. The van der Waals surface area contributed by atoms with Gasteiger partial charge >= 0.3 is 0 Å². The molecule has 1 unspecified atom stereocenters. The van der Waals surface area contributed by atoms with Crippen LogP contribution in [0.5, 0.6) is 0 Å². The maximum atomic E-state index is 5.50. The van der Waals surface area contributed by atoms with E-state index in [0.717, 1.165) is 45.8 Å². The minimum absolute atomic E-state index is 0.0884. The Morgan fingerprint density at radius 2 is 2.00 bits per heavy atom. The molecule has 4 heteroatoms. The number of nitrogens with zero attached hydrogens (tertiary/aromatic N) is 1. The largest absolute Gasteiger partial charge is 0.501 e. The Balaban J connectivity index is 2.11. The molecular weight excluding hydrogens is 228 g/mol. The Hall–Kier alpha value is -0.580. The van der Waals surface area contributed by atoms with Gasteiger partial charge in [-0.15, -0.1) is 0 Å². The Morgan fingerprint density at radius 3 is 2.56 bits per heavy atom. The summed E-state index contributed by atoms with van der Waals surface area (Å²) in [5, 5.41) is 3.48. The fourth-order valence-electron chi connectivity index (χ4n) is 3.11. The van der Waals surface area contributed by atoms with Gasteiger partial charge in [0.15, 0.2) is 0 Å². The molecule has 0 aromatic carbocycles. The first-order valence-corrected chi connectivity index (χ1v) is 6.97. The summed E-state index contributed by atoms with van der Waals surface area (Å²) in [5.74, 6) is 0. The summed E-state index contributed by atoms with van der Waals surface area (Å²) in [6.07, 6.45) is 4.23. The smallest absolute Gasteiger partial charge is 0.0876 e. The predicted molar refractivity (Wildman–Crippen MR) is 72.6 cm³/mol. The predicted octanol–water partition coefficient (Wildman–Crippen LogP) is 1.38. The topological polar surface area (TPSA) is 33.7 Å². The van der Waals surface area contributed by atoms with Crippen molar-refractivity contribution in [3.63, 3.8) is 0 Å². The standard InChI is InChI=1S/C14H26N2O2/c1-14(2,16-6-9-17-10-7-16)13(15-3)12-5-4-8-18-11-12/h11,13,15H,4-10H2,1-3H3. The number of likely N-dealkylation sites (N-methyl/N-ethyl adjacent to an activating group) is 1. The van der Waals surface area contributed by atoms with Gasteiger partial charge in [0.2, 0.25) is 0 Å². The van der Waals surface area contributed by atoms with Crippen molar-refractivity contribution in [1.82, 2.24) is 10.2 Å². The van der Waals surface area contributed by atoms with E-state index in [-0.39, 0.29) is 5.54 Å². The second-order valence-corrected chi connectivity index (χ2v) is 5.64. The van der Waals surface area contributed by atoms with Crippen LogP contribution >= 0.6 is 0 Å². The molecule has 2 aliphatic heterocycles. The highest BCUT2D eigenvalue weighted by atomic mass is 16.5. The third kappa shape index (κ3) is 2.87. The zero-order valence-electron chi connectivity index (χ0n) is 11.9. The Labute approximate surface area is 110 Å². The summed E-state index contributed by atoms with van der Waals surface area (Å²) in [7, 11) is 2.04. The SMILES string of the molecule is CNC(C1=COCCC1)C(C)(C)N1CCOCC1. The van der Waals surface area contributed by atoms with E-state index in [2.05, 4.69) is 24.1 Å². The van der Waals surface area contributed by atoms with E-state index < -0.39 is 0 Å². The first-order valence-electron chi connectivity index (χ1n) is 6.97. The molecule has 0 saturated carbocycles. The van der Waals surface area contributed by atoms with Crippen LogP contribution in [0, 0.1) is 0 Å². The van der Waals surface area contributed by atoms with Crippen molar-refractivity contribution < 1.29 is 9.47 Å². The highest BCUT2D eigenvalue weighted by Crippen LogP contribution is 2.28. The molecule has 0 radical (unpaired) electrons. The second-order valence-electron chi connectivity index (χ2n) is 5.64. The van der Waals surface area contributed by atoms with Crippen LogP contribution in [0.4, 0.5) is 0 Å². The fourth-order valence-corrected chi connectivity index (χ4v) is 3.11. The van der Waals surface area contributed by atoms with Crippen molar-refractivity contribution in [2.75, 3.05) is 40.0 Å². The van der Waals surface area contributed by atoms with Gasteiger partial charge in [0.1, 0.15) is 0 Å². The quantitative estimate of drug-likeness (QED) is 0.822. The Kier molecular flexibility index (Phi) is 4.65. The summed E-state index contributed by atoms with van der Waals surface area (Å²) >= 11 is 0. The van der Waals surface area contributed by atoms with E-state index in [1.165, 1.54) is 5.57 Å². The van der Waals surface area contributed by atoms with E-state index >= 15 is 0 Å². The van der Waals surface area contributed by atoms with E-state index in [4.69, 9.17) is 9.47 Å². The third-order valence-corrected chi connectivity index (χ3v) is 4.15. The van der Waals surface area contributed by atoms with Crippen molar-refractivity contribution in [2.24, 2.45) is 0 Å². The van der Waals surface area contributed by atoms with Gasteiger partial charge in [-0.1, -0.05) is 0 Å². The monoisotopic (exact) mass is 254 g/mol. The van der Waals surface area contributed by atoms with Crippen molar-refractivity contribution in [3.05, 3.63) is 11.8 Å². The van der Waals surface area contributed by atoms with Crippen LogP contribution in [0.2, 0.25) is 0 Å². The third-order valence-electron chi connectivity index (χ3n) is 4.15. The normalized spacial score (nSPS) is 24.3. The van der Waals surface area contributed by atoms with E-state index in [1.807, 2.05) is 13.3 Å². The van der Waals surface area contributed by atoms with Crippen molar-refractivity contribution >= 4 is 0 Å². The summed E-state index contributed by atoms with van der Waals surface area (Å²) in [6, 6.07) is 0.343. The average Bonchev–Trinajstić information content (AvgIpc) is 2.41. The molecule has 0 bridgehead atoms. The number of rotatable bonds is 4. The summed E-state index contributed by atoms with van der Waals surface area (Å²) < 4.78 is 11.0. The summed E-state index contributed by atoms with van der Waals surface area (Å²) in [5.41, 5.74) is 1.48. The number of ether oxygens (including phenoxy) is 2. The van der Waals surface area contributed by atoms with E-state index in [9.17, 15) is 0 Å². The first-order chi connectivity index (χ1) is 8.66. The van der Waals surface area contributed by atoms with Gasteiger partial charge in [-0.2, -0.15) is 0 Å². The summed E-state index contributed by atoms with van der Waals surface area (Å²) in [4.78, 5) is 2.52. The van der Waals surface area contributed by atoms with Crippen LogP contribution in [0.3, 0.4) is 0 Å². The average molecular weight is 254 g/mol. The van der Waals surface area contributed by atoms with Gasteiger partial charge in [-0.25, -0.2) is 0 Å². The molecule has 2 heterocycles. The molecular formula is C14H26N2O2. The molecule has 0 spiro atoms.